The van der Waals surface area contributed by atoms with Crippen LogP contribution in [0.3, 0.4) is 0 Å². The Kier molecular flexibility index (Phi) is 3.99. The lowest BCUT2D eigenvalue weighted by atomic mass is 10.1. The molecule has 2 aliphatic heterocycles. The lowest BCUT2D eigenvalue weighted by molar-refractivity contribution is -0.147. The first kappa shape index (κ1) is 15.8. The van der Waals surface area contributed by atoms with Crippen molar-refractivity contribution in [3.05, 3.63) is 36.5 Å². The molecule has 2 saturated heterocycles. The second kappa shape index (κ2) is 6.31. The molecule has 1 aromatic heterocycles. The van der Waals surface area contributed by atoms with Crippen molar-refractivity contribution in [3.8, 4) is 11.3 Å². The zero-order chi connectivity index (χ0) is 17.4. The molecule has 3 heterocycles. The maximum atomic E-state index is 12.6. The third-order valence-corrected chi connectivity index (χ3v) is 5.07. The standard InChI is InChI=1S/C18H21N5O2/c1-13(24)22-9-5-8-17(22)18(25)21-10-15(11-21)23-12-16(19-20-23)14-6-3-2-4-7-14/h2-4,6-7,12,15,17H,5,8-11H2,1H3/t17-/m0/s1. The average molecular weight is 339 g/mol. The van der Waals surface area contributed by atoms with Crippen molar-refractivity contribution in [3.63, 3.8) is 0 Å². The number of benzene rings is 1. The second-order valence-corrected chi connectivity index (χ2v) is 6.72. The number of hydrogen-bond acceptors (Lipinski definition) is 4. The van der Waals surface area contributed by atoms with Gasteiger partial charge in [0.05, 0.1) is 12.2 Å². The van der Waals surface area contributed by atoms with E-state index in [0.29, 0.717) is 19.6 Å². The van der Waals surface area contributed by atoms with Gasteiger partial charge in [-0.15, -0.1) is 5.10 Å². The van der Waals surface area contributed by atoms with Crippen LogP contribution in [0, 0.1) is 0 Å². The summed E-state index contributed by atoms with van der Waals surface area (Å²) >= 11 is 0. The van der Waals surface area contributed by atoms with Crippen LogP contribution >= 0.6 is 0 Å². The fourth-order valence-electron chi connectivity index (χ4n) is 3.61. The van der Waals surface area contributed by atoms with Gasteiger partial charge in [0, 0.05) is 32.1 Å². The SMILES string of the molecule is CC(=O)N1CCC[C@H]1C(=O)N1CC(n2cc(-c3ccccc3)nn2)C1. The molecule has 1 aromatic carbocycles. The molecule has 0 radical (unpaired) electrons. The molecule has 0 saturated carbocycles. The highest BCUT2D eigenvalue weighted by Crippen LogP contribution is 2.27. The first-order valence-electron chi connectivity index (χ1n) is 8.67. The van der Waals surface area contributed by atoms with Gasteiger partial charge >= 0.3 is 0 Å². The molecule has 0 bridgehead atoms. The van der Waals surface area contributed by atoms with Crippen LogP contribution in [-0.4, -0.2) is 62.3 Å². The largest absolute Gasteiger partial charge is 0.336 e. The predicted octanol–water partition coefficient (Wildman–Crippen LogP) is 1.34. The van der Waals surface area contributed by atoms with Crippen molar-refractivity contribution in [2.24, 2.45) is 0 Å². The van der Waals surface area contributed by atoms with E-state index in [1.54, 1.807) is 4.90 Å². The van der Waals surface area contributed by atoms with E-state index >= 15 is 0 Å². The summed E-state index contributed by atoms with van der Waals surface area (Å²) in [5, 5.41) is 8.44. The summed E-state index contributed by atoms with van der Waals surface area (Å²) in [4.78, 5) is 27.8. The zero-order valence-electron chi connectivity index (χ0n) is 14.2. The van der Waals surface area contributed by atoms with Crippen LogP contribution < -0.4 is 0 Å². The summed E-state index contributed by atoms with van der Waals surface area (Å²) in [7, 11) is 0. The number of aromatic nitrogens is 3. The Labute approximate surface area is 146 Å². The third-order valence-electron chi connectivity index (χ3n) is 5.07. The van der Waals surface area contributed by atoms with Crippen LogP contribution in [0.4, 0.5) is 0 Å². The van der Waals surface area contributed by atoms with E-state index in [-0.39, 0.29) is 23.9 Å². The Morgan fingerprint density at radius 2 is 1.92 bits per heavy atom. The predicted molar refractivity (Wildman–Crippen MR) is 91.5 cm³/mol. The lowest BCUT2D eigenvalue weighted by Crippen LogP contribution is -2.56. The van der Waals surface area contributed by atoms with Crippen LogP contribution in [0.15, 0.2) is 36.5 Å². The highest BCUT2D eigenvalue weighted by atomic mass is 16.2. The van der Waals surface area contributed by atoms with Gasteiger partial charge in [-0.05, 0) is 12.8 Å². The maximum Gasteiger partial charge on any atom is 0.245 e. The molecule has 4 rings (SSSR count). The van der Waals surface area contributed by atoms with Gasteiger partial charge in [0.2, 0.25) is 11.8 Å². The molecule has 0 aliphatic carbocycles. The molecule has 130 valence electrons. The number of carbonyl (C=O) groups excluding carboxylic acids is 2. The van der Waals surface area contributed by atoms with E-state index in [2.05, 4.69) is 10.3 Å². The molecule has 0 unspecified atom stereocenters. The fourth-order valence-corrected chi connectivity index (χ4v) is 3.61. The van der Waals surface area contributed by atoms with Crippen LogP contribution in [0.2, 0.25) is 0 Å². The van der Waals surface area contributed by atoms with E-state index in [0.717, 1.165) is 24.1 Å². The fraction of sp³-hybridized carbons (Fsp3) is 0.444. The quantitative estimate of drug-likeness (QED) is 0.846. The van der Waals surface area contributed by atoms with E-state index in [4.69, 9.17) is 0 Å². The molecule has 1 atom stereocenters. The minimum Gasteiger partial charge on any atom is -0.336 e. The van der Waals surface area contributed by atoms with E-state index in [1.807, 2.05) is 46.1 Å². The summed E-state index contributed by atoms with van der Waals surface area (Å²) in [6.45, 7) is 3.47. The summed E-state index contributed by atoms with van der Waals surface area (Å²) in [6.07, 6.45) is 3.59. The van der Waals surface area contributed by atoms with Crippen LogP contribution in [0.1, 0.15) is 25.8 Å². The smallest absolute Gasteiger partial charge is 0.245 e. The van der Waals surface area contributed by atoms with E-state index in [1.165, 1.54) is 6.92 Å². The molecule has 7 heteroatoms. The first-order chi connectivity index (χ1) is 12.1. The minimum atomic E-state index is -0.283. The molecule has 0 spiro atoms. The maximum absolute atomic E-state index is 12.6. The molecule has 2 aliphatic rings. The molecular weight excluding hydrogens is 318 g/mol. The van der Waals surface area contributed by atoms with Crippen molar-refractivity contribution < 1.29 is 9.59 Å². The molecule has 2 amide bonds. The summed E-state index contributed by atoms with van der Waals surface area (Å²) < 4.78 is 1.84. The van der Waals surface area contributed by atoms with Gasteiger partial charge in [-0.25, -0.2) is 4.68 Å². The number of likely N-dealkylation sites (tertiary alicyclic amines) is 2. The van der Waals surface area contributed by atoms with Gasteiger partial charge in [0.1, 0.15) is 11.7 Å². The number of nitrogens with zero attached hydrogens (tertiary/aromatic N) is 5. The van der Waals surface area contributed by atoms with Gasteiger partial charge in [0.25, 0.3) is 0 Å². The van der Waals surface area contributed by atoms with Crippen LogP contribution in [-0.2, 0) is 9.59 Å². The summed E-state index contributed by atoms with van der Waals surface area (Å²) in [5.41, 5.74) is 1.87. The average Bonchev–Trinajstić information content (AvgIpc) is 3.24. The first-order valence-corrected chi connectivity index (χ1v) is 8.67. The molecule has 0 N–H and O–H groups in total. The number of carbonyl (C=O) groups is 2. The molecule has 7 nitrogen and oxygen atoms in total. The monoisotopic (exact) mass is 339 g/mol. The summed E-state index contributed by atoms with van der Waals surface area (Å²) in [5.74, 6) is 0.0454. The minimum absolute atomic E-state index is 0.0169. The van der Waals surface area contributed by atoms with Crippen molar-refractivity contribution in [2.45, 2.75) is 31.8 Å². The summed E-state index contributed by atoms with van der Waals surface area (Å²) in [6, 6.07) is 9.79. The van der Waals surface area contributed by atoms with Crippen LogP contribution in [0.5, 0.6) is 0 Å². The van der Waals surface area contributed by atoms with Gasteiger partial charge in [-0.2, -0.15) is 0 Å². The number of amides is 2. The van der Waals surface area contributed by atoms with Gasteiger partial charge in [-0.1, -0.05) is 35.5 Å². The van der Waals surface area contributed by atoms with E-state index in [9.17, 15) is 9.59 Å². The normalized spacial score (nSPS) is 20.6. The van der Waals surface area contributed by atoms with Gasteiger partial charge in [-0.3, -0.25) is 9.59 Å². The molecular formula is C18H21N5O2. The van der Waals surface area contributed by atoms with Crippen molar-refractivity contribution >= 4 is 11.8 Å². The van der Waals surface area contributed by atoms with Crippen molar-refractivity contribution in [1.82, 2.24) is 24.8 Å². The highest BCUT2D eigenvalue weighted by Gasteiger charge is 2.40. The van der Waals surface area contributed by atoms with Gasteiger partial charge in [0.15, 0.2) is 0 Å². The van der Waals surface area contributed by atoms with Crippen molar-refractivity contribution in [1.29, 1.82) is 0 Å². The Bertz CT molecular complexity index is 782. The molecule has 2 aromatic rings. The Morgan fingerprint density at radius 3 is 2.64 bits per heavy atom. The van der Waals surface area contributed by atoms with E-state index < -0.39 is 0 Å². The third kappa shape index (κ3) is 2.90. The Hall–Kier alpha value is -2.70. The Balaban J connectivity index is 1.38. The molecule has 2 fully saturated rings. The Morgan fingerprint density at radius 1 is 1.16 bits per heavy atom. The van der Waals surface area contributed by atoms with Crippen molar-refractivity contribution in [2.75, 3.05) is 19.6 Å². The molecule has 25 heavy (non-hydrogen) atoms. The topological polar surface area (TPSA) is 71.3 Å². The number of hydrogen-bond donors (Lipinski definition) is 0. The highest BCUT2D eigenvalue weighted by molar-refractivity contribution is 5.88. The van der Waals surface area contributed by atoms with Crippen LogP contribution in [0.25, 0.3) is 11.3 Å². The zero-order valence-corrected chi connectivity index (χ0v) is 14.2. The number of rotatable bonds is 3. The van der Waals surface area contributed by atoms with Gasteiger partial charge < -0.3 is 9.80 Å². The lowest BCUT2D eigenvalue weighted by Gasteiger charge is -2.41. The second-order valence-electron chi connectivity index (χ2n) is 6.72.